The maximum Gasteiger partial charge on any atom is 0.361 e. The summed E-state index contributed by atoms with van der Waals surface area (Å²) in [5.74, 6) is -2.37. The Bertz CT molecular complexity index is 673. The third-order valence-corrected chi connectivity index (χ3v) is 4.75. The minimum Gasteiger partial charge on any atom is -0.464 e. The van der Waals surface area contributed by atoms with Gasteiger partial charge in [-0.05, 0) is 25.7 Å². The summed E-state index contributed by atoms with van der Waals surface area (Å²) in [6, 6.07) is 0. The molecule has 1 aromatic heterocycles. The minimum absolute atomic E-state index is 0.0704. The SMILES string of the molecule is COC(=O)c1nnn([C@H]2CCCC3(CCC[C@H](CO)O3)O2)c1C(=O)OC. The lowest BCUT2D eigenvalue weighted by Crippen LogP contribution is -2.48. The van der Waals surface area contributed by atoms with Crippen LogP contribution in [0.3, 0.4) is 0 Å². The molecule has 3 heterocycles. The lowest BCUT2D eigenvalue weighted by molar-refractivity contribution is -0.332. The Kier molecular flexibility index (Phi) is 5.54. The molecule has 0 aromatic carbocycles. The van der Waals surface area contributed by atoms with Crippen LogP contribution in [-0.2, 0) is 18.9 Å². The van der Waals surface area contributed by atoms with Crippen LogP contribution in [0, 0.1) is 0 Å². The van der Waals surface area contributed by atoms with Gasteiger partial charge in [-0.3, -0.25) is 0 Å². The molecule has 3 atom stereocenters. The number of nitrogens with zero attached hydrogens (tertiary/aromatic N) is 3. The van der Waals surface area contributed by atoms with E-state index in [4.69, 9.17) is 14.2 Å². The van der Waals surface area contributed by atoms with Crippen LogP contribution in [0.2, 0.25) is 0 Å². The zero-order valence-corrected chi connectivity index (χ0v) is 14.8. The molecule has 144 valence electrons. The Morgan fingerprint density at radius 2 is 1.88 bits per heavy atom. The van der Waals surface area contributed by atoms with Gasteiger partial charge in [-0.25, -0.2) is 14.3 Å². The molecule has 1 spiro atoms. The van der Waals surface area contributed by atoms with E-state index >= 15 is 0 Å². The standard InChI is InChI=1S/C16H23N3O7/c1-23-14(21)12-13(15(22)24-2)19(18-17-12)11-6-4-8-16(26-11)7-3-5-10(9-20)25-16/h10-11,20H,3-9H2,1-2H3/t10-,11-,16?/m1/s1. The number of aliphatic hydroxyl groups excluding tert-OH is 1. The summed E-state index contributed by atoms with van der Waals surface area (Å²) in [5, 5.41) is 17.1. The quantitative estimate of drug-likeness (QED) is 0.768. The molecule has 10 nitrogen and oxygen atoms in total. The van der Waals surface area contributed by atoms with Crippen LogP contribution in [0.25, 0.3) is 0 Å². The van der Waals surface area contributed by atoms with Crippen LogP contribution in [0.15, 0.2) is 0 Å². The first-order valence-electron chi connectivity index (χ1n) is 8.62. The third-order valence-electron chi connectivity index (χ3n) is 4.75. The number of aromatic nitrogens is 3. The summed E-state index contributed by atoms with van der Waals surface area (Å²) in [6.07, 6.45) is 3.45. The first-order chi connectivity index (χ1) is 12.5. The number of aliphatic hydroxyl groups is 1. The molecule has 26 heavy (non-hydrogen) atoms. The fourth-order valence-corrected chi connectivity index (χ4v) is 3.52. The molecule has 10 heteroatoms. The maximum absolute atomic E-state index is 12.2. The highest BCUT2D eigenvalue weighted by Crippen LogP contribution is 2.42. The van der Waals surface area contributed by atoms with Gasteiger partial charge in [0.15, 0.2) is 17.7 Å². The number of rotatable bonds is 4. The molecule has 0 radical (unpaired) electrons. The second-order valence-electron chi connectivity index (χ2n) is 6.40. The van der Waals surface area contributed by atoms with E-state index in [0.717, 1.165) is 19.3 Å². The van der Waals surface area contributed by atoms with E-state index in [0.29, 0.717) is 19.3 Å². The van der Waals surface area contributed by atoms with Gasteiger partial charge in [0.05, 0.1) is 26.9 Å². The molecule has 0 aliphatic carbocycles. The van der Waals surface area contributed by atoms with E-state index in [-0.39, 0.29) is 24.1 Å². The second-order valence-corrected chi connectivity index (χ2v) is 6.40. The number of carbonyl (C=O) groups excluding carboxylic acids is 2. The van der Waals surface area contributed by atoms with Crippen molar-refractivity contribution in [1.29, 1.82) is 0 Å². The van der Waals surface area contributed by atoms with Crippen molar-refractivity contribution in [1.82, 2.24) is 15.0 Å². The monoisotopic (exact) mass is 369 g/mol. The highest BCUT2D eigenvalue weighted by molar-refractivity contribution is 6.00. The molecule has 1 unspecified atom stereocenters. The van der Waals surface area contributed by atoms with E-state index < -0.39 is 24.0 Å². The zero-order chi connectivity index (χ0) is 18.7. The summed E-state index contributed by atoms with van der Waals surface area (Å²) in [4.78, 5) is 24.1. The summed E-state index contributed by atoms with van der Waals surface area (Å²) in [7, 11) is 2.40. The van der Waals surface area contributed by atoms with Crippen molar-refractivity contribution >= 4 is 11.9 Å². The van der Waals surface area contributed by atoms with Crippen molar-refractivity contribution in [3.05, 3.63) is 11.4 Å². The molecule has 3 rings (SSSR count). The zero-order valence-electron chi connectivity index (χ0n) is 14.8. The minimum atomic E-state index is -0.834. The van der Waals surface area contributed by atoms with Crippen molar-refractivity contribution < 1.29 is 33.6 Å². The fourth-order valence-electron chi connectivity index (χ4n) is 3.52. The van der Waals surface area contributed by atoms with Crippen molar-refractivity contribution in [2.45, 2.75) is 56.6 Å². The molecule has 0 amide bonds. The maximum atomic E-state index is 12.2. The van der Waals surface area contributed by atoms with E-state index in [1.165, 1.54) is 18.9 Å². The van der Waals surface area contributed by atoms with Gasteiger partial charge in [0.2, 0.25) is 5.69 Å². The predicted molar refractivity (Wildman–Crippen MR) is 85.2 cm³/mol. The average Bonchev–Trinajstić information content (AvgIpc) is 3.12. The first-order valence-corrected chi connectivity index (χ1v) is 8.62. The summed E-state index contributed by atoms with van der Waals surface area (Å²) in [6.45, 7) is -0.0704. The predicted octanol–water partition coefficient (Wildman–Crippen LogP) is 0.808. The van der Waals surface area contributed by atoms with E-state index in [9.17, 15) is 14.7 Å². The van der Waals surface area contributed by atoms with Crippen molar-refractivity contribution in [3.8, 4) is 0 Å². The Morgan fingerprint density at radius 3 is 2.54 bits per heavy atom. The van der Waals surface area contributed by atoms with Gasteiger partial charge < -0.3 is 24.1 Å². The van der Waals surface area contributed by atoms with Crippen molar-refractivity contribution in [3.63, 3.8) is 0 Å². The van der Waals surface area contributed by atoms with Gasteiger partial charge in [-0.15, -0.1) is 5.10 Å². The second kappa shape index (κ2) is 7.68. The number of methoxy groups -OCH3 is 2. The van der Waals surface area contributed by atoms with Crippen molar-refractivity contribution in [2.75, 3.05) is 20.8 Å². The molecule has 2 aliphatic heterocycles. The third kappa shape index (κ3) is 3.44. The van der Waals surface area contributed by atoms with Crippen LogP contribution in [0.4, 0.5) is 0 Å². The van der Waals surface area contributed by atoms with Gasteiger partial charge in [-0.1, -0.05) is 5.21 Å². The molecule has 0 bridgehead atoms. The molecular formula is C16H23N3O7. The van der Waals surface area contributed by atoms with Crippen LogP contribution >= 0.6 is 0 Å². The average molecular weight is 369 g/mol. The Morgan fingerprint density at radius 1 is 1.19 bits per heavy atom. The summed E-state index contributed by atoms with van der Waals surface area (Å²) >= 11 is 0. The van der Waals surface area contributed by atoms with Crippen molar-refractivity contribution in [2.24, 2.45) is 0 Å². The molecule has 0 saturated carbocycles. The molecule has 1 N–H and O–H groups in total. The Hall–Kier alpha value is -2.04. The molecule has 2 saturated heterocycles. The van der Waals surface area contributed by atoms with E-state index in [2.05, 4.69) is 15.0 Å². The Balaban J connectivity index is 1.90. The molecular weight excluding hydrogens is 346 g/mol. The largest absolute Gasteiger partial charge is 0.464 e. The van der Waals surface area contributed by atoms with Gasteiger partial charge in [-0.2, -0.15) is 0 Å². The number of ether oxygens (including phenoxy) is 4. The van der Waals surface area contributed by atoms with E-state index in [1.807, 2.05) is 0 Å². The lowest BCUT2D eigenvalue weighted by atomic mass is 9.94. The topological polar surface area (TPSA) is 122 Å². The first kappa shape index (κ1) is 18.7. The summed E-state index contributed by atoms with van der Waals surface area (Å²) in [5.41, 5.74) is -0.337. The van der Waals surface area contributed by atoms with Crippen LogP contribution in [-0.4, -0.2) is 64.8 Å². The summed E-state index contributed by atoms with van der Waals surface area (Å²) < 4.78 is 22.8. The molecule has 2 fully saturated rings. The highest BCUT2D eigenvalue weighted by Gasteiger charge is 2.44. The lowest BCUT2D eigenvalue weighted by Gasteiger charge is -2.45. The number of esters is 2. The molecule has 1 aromatic rings. The Labute approximate surface area is 150 Å². The number of carbonyl (C=O) groups is 2. The number of hydrogen-bond donors (Lipinski definition) is 1. The fraction of sp³-hybridized carbons (Fsp3) is 0.750. The van der Waals surface area contributed by atoms with Gasteiger partial charge in [0, 0.05) is 12.8 Å². The number of hydrogen-bond acceptors (Lipinski definition) is 9. The van der Waals surface area contributed by atoms with Crippen LogP contribution in [0.1, 0.15) is 65.7 Å². The smallest absolute Gasteiger partial charge is 0.361 e. The van der Waals surface area contributed by atoms with Gasteiger partial charge in [0.25, 0.3) is 0 Å². The normalized spacial score (nSPS) is 28.7. The van der Waals surface area contributed by atoms with Gasteiger partial charge >= 0.3 is 11.9 Å². The van der Waals surface area contributed by atoms with Crippen LogP contribution < -0.4 is 0 Å². The van der Waals surface area contributed by atoms with Crippen LogP contribution in [0.5, 0.6) is 0 Å². The highest BCUT2D eigenvalue weighted by atomic mass is 16.7. The van der Waals surface area contributed by atoms with E-state index in [1.54, 1.807) is 0 Å². The van der Waals surface area contributed by atoms with Gasteiger partial charge in [0.1, 0.15) is 0 Å². The molecule has 2 aliphatic rings.